The number of halogens is 2. The van der Waals surface area contributed by atoms with Crippen LogP contribution >= 0.6 is 11.6 Å². The summed E-state index contributed by atoms with van der Waals surface area (Å²) < 4.78 is 18.2. The topological polar surface area (TPSA) is 64.9 Å². The van der Waals surface area contributed by atoms with E-state index < -0.39 is 11.9 Å². The maximum atomic E-state index is 13.0. The van der Waals surface area contributed by atoms with Crippen molar-refractivity contribution in [3.05, 3.63) is 46.3 Å². The monoisotopic (exact) mass is 283 g/mol. The van der Waals surface area contributed by atoms with Crippen LogP contribution in [0.5, 0.6) is 0 Å². The Kier molecular flexibility index (Phi) is 3.60. The molecule has 2 rings (SSSR count). The van der Waals surface area contributed by atoms with E-state index in [-0.39, 0.29) is 10.4 Å². The van der Waals surface area contributed by atoms with E-state index in [9.17, 15) is 4.39 Å². The SMILES string of the molecule is CC(C)(C)c1nc(C(N)c2ccc(F)cc2Cl)no1. The number of aromatic nitrogens is 2. The first kappa shape index (κ1) is 14.0. The molecular weight excluding hydrogens is 269 g/mol. The van der Waals surface area contributed by atoms with Gasteiger partial charge in [-0.3, -0.25) is 0 Å². The minimum absolute atomic E-state index is 0.245. The quantitative estimate of drug-likeness (QED) is 0.919. The normalized spacial score (nSPS) is 13.6. The fraction of sp³-hybridized carbons (Fsp3) is 0.385. The molecule has 1 unspecified atom stereocenters. The lowest BCUT2D eigenvalue weighted by atomic mass is 9.97. The van der Waals surface area contributed by atoms with Gasteiger partial charge in [0.25, 0.3) is 0 Å². The standard InChI is InChI=1S/C13H15ClFN3O/c1-13(2,3)12-17-11(18-19-12)10(16)8-5-4-7(15)6-9(8)14/h4-6,10H,16H2,1-3H3. The number of hydrogen-bond donors (Lipinski definition) is 1. The summed E-state index contributed by atoms with van der Waals surface area (Å²) in [5, 5.41) is 4.10. The van der Waals surface area contributed by atoms with Crippen LogP contribution in [0.25, 0.3) is 0 Å². The van der Waals surface area contributed by atoms with Crippen molar-refractivity contribution >= 4 is 11.6 Å². The smallest absolute Gasteiger partial charge is 0.232 e. The summed E-state index contributed by atoms with van der Waals surface area (Å²) in [6, 6.07) is 3.39. The number of nitrogens with zero attached hydrogens (tertiary/aromatic N) is 2. The van der Waals surface area contributed by atoms with Gasteiger partial charge in [-0.2, -0.15) is 4.98 Å². The molecule has 102 valence electrons. The van der Waals surface area contributed by atoms with Crippen LogP contribution in [0.1, 0.15) is 44.1 Å². The van der Waals surface area contributed by atoms with Crippen LogP contribution in [-0.2, 0) is 5.41 Å². The fourth-order valence-corrected chi connectivity index (χ4v) is 1.84. The second kappa shape index (κ2) is 4.90. The van der Waals surface area contributed by atoms with Crippen molar-refractivity contribution in [1.82, 2.24) is 10.1 Å². The molecule has 1 heterocycles. The third-order valence-corrected chi connectivity index (χ3v) is 2.99. The highest BCUT2D eigenvalue weighted by atomic mass is 35.5. The van der Waals surface area contributed by atoms with E-state index in [0.717, 1.165) is 0 Å². The molecule has 0 fully saturated rings. The van der Waals surface area contributed by atoms with E-state index in [1.54, 1.807) is 0 Å². The van der Waals surface area contributed by atoms with Gasteiger partial charge in [0.2, 0.25) is 5.89 Å². The molecule has 1 atom stereocenters. The van der Waals surface area contributed by atoms with Gasteiger partial charge in [-0.1, -0.05) is 43.6 Å². The van der Waals surface area contributed by atoms with Crippen LogP contribution in [0.4, 0.5) is 4.39 Å². The summed E-state index contributed by atoms with van der Waals surface area (Å²) in [6.07, 6.45) is 0. The summed E-state index contributed by atoms with van der Waals surface area (Å²) in [6.45, 7) is 5.88. The third kappa shape index (κ3) is 2.93. The minimum atomic E-state index is -0.645. The van der Waals surface area contributed by atoms with Gasteiger partial charge in [-0.25, -0.2) is 4.39 Å². The van der Waals surface area contributed by atoms with Crippen LogP contribution in [0.15, 0.2) is 22.7 Å². The lowest BCUT2D eigenvalue weighted by Crippen LogP contribution is -2.16. The van der Waals surface area contributed by atoms with E-state index in [1.807, 2.05) is 20.8 Å². The van der Waals surface area contributed by atoms with Crippen LogP contribution in [0.3, 0.4) is 0 Å². The molecule has 0 radical (unpaired) electrons. The van der Waals surface area contributed by atoms with E-state index in [4.69, 9.17) is 21.9 Å². The molecule has 0 aliphatic heterocycles. The van der Waals surface area contributed by atoms with Crippen LogP contribution < -0.4 is 5.73 Å². The Balaban J connectivity index is 2.34. The third-order valence-electron chi connectivity index (χ3n) is 2.66. The molecular formula is C13H15ClFN3O. The van der Waals surface area contributed by atoms with Gasteiger partial charge in [0.05, 0.1) is 6.04 Å². The Morgan fingerprint density at radius 1 is 1.37 bits per heavy atom. The summed E-state index contributed by atoms with van der Waals surface area (Å²) in [5.74, 6) is 0.416. The van der Waals surface area contributed by atoms with Crippen molar-refractivity contribution in [2.45, 2.75) is 32.2 Å². The van der Waals surface area contributed by atoms with Gasteiger partial charge in [-0.05, 0) is 17.7 Å². The molecule has 19 heavy (non-hydrogen) atoms. The zero-order valence-corrected chi connectivity index (χ0v) is 11.7. The van der Waals surface area contributed by atoms with Gasteiger partial charge in [0.15, 0.2) is 5.82 Å². The van der Waals surface area contributed by atoms with E-state index >= 15 is 0 Å². The second-order valence-corrected chi connectivity index (χ2v) is 5.76. The van der Waals surface area contributed by atoms with Crippen LogP contribution in [0, 0.1) is 5.82 Å². The van der Waals surface area contributed by atoms with E-state index in [1.165, 1.54) is 18.2 Å². The predicted molar refractivity (Wildman–Crippen MR) is 70.4 cm³/mol. The molecule has 6 heteroatoms. The van der Waals surface area contributed by atoms with Crippen molar-refractivity contribution in [3.8, 4) is 0 Å². The zero-order chi connectivity index (χ0) is 14.2. The maximum absolute atomic E-state index is 13.0. The molecule has 4 nitrogen and oxygen atoms in total. The average Bonchev–Trinajstić information content (AvgIpc) is 2.76. The van der Waals surface area contributed by atoms with Crippen molar-refractivity contribution in [1.29, 1.82) is 0 Å². The fourth-order valence-electron chi connectivity index (χ4n) is 1.56. The van der Waals surface area contributed by atoms with Crippen molar-refractivity contribution in [2.24, 2.45) is 5.73 Å². The molecule has 2 aromatic rings. The molecule has 0 amide bonds. The average molecular weight is 284 g/mol. The largest absolute Gasteiger partial charge is 0.339 e. The first-order valence-corrected chi connectivity index (χ1v) is 6.21. The number of nitrogens with two attached hydrogens (primary N) is 1. The molecule has 0 aliphatic rings. The van der Waals surface area contributed by atoms with E-state index in [2.05, 4.69) is 10.1 Å². The van der Waals surface area contributed by atoms with Gasteiger partial charge >= 0.3 is 0 Å². The van der Waals surface area contributed by atoms with Crippen molar-refractivity contribution in [3.63, 3.8) is 0 Å². The van der Waals surface area contributed by atoms with Crippen LogP contribution in [0.2, 0.25) is 5.02 Å². The summed E-state index contributed by atoms with van der Waals surface area (Å²) in [5.41, 5.74) is 6.34. The lowest BCUT2D eigenvalue weighted by Gasteiger charge is -2.11. The van der Waals surface area contributed by atoms with Gasteiger partial charge in [-0.15, -0.1) is 0 Å². The molecule has 2 N–H and O–H groups in total. The molecule has 0 aliphatic carbocycles. The van der Waals surface area contributed by atoms with Gasteiger partial charge in [0.1, 0.15) is 5.82 Å². The molecule has 0 saturated carbocycles. The first-order chi connectivity index (χ1) is 8.79. The minimum Gasteiger partial charge on any atom is -0.339 e. The van der Waals surface area contributed by atoms with Gasteiger partial charge in [0, 0.05) is 10.4 Å². The molecule has 0 bridgehead atoms. The molecule has 0 saturated heterocycles. The van der Waals surface area contributed by atoms with Crippen molar-refractivity contribution < 1.29 is 8.91 Å². The summed E-state index contributed by atoms with van der Waals surface area (Å²) in [4.78, 5) is 4.27. The Hall–Kier alpha value is -1.46. The first-order valence-electron chi connectivity index (χ1n) is 5.83. The predicted octanol–water partition coefficient (Wildman–Crippen LogP) is 3.21. The molecule has 1 aromatic carbocycles. The maximum Gasteiger partial charge on any atom is 0.232 e. The second-order valence-electron chi connectivity index (χ2n) is 5.35. The lowest BCUT2D eigenvalue weighted by molar-refractivity contribution is 0.317. The highest BCUT2D eigenvalue weighted by Crippen LogP contribution is 2.27. The Labute approximate surface area is 115 Å². The Morgan fingerprint density at radius 3 is 2.58 bits per heavy atom. The summed E-state index contributed by atoms with van der Waals surface area (Å²) >= 11 is 5.96. The zero-order valence-electron chi connectivity index (χ0n) is 10.9. The van der Waals surface area contributed by atoms with Crippen LogP contribution in [-0.4, -0.2) is 10.1 Å². The molecule has 0 spiro atoms. The Morgan fingerprint density at radius 2 is 2.05 bits per heavy atom. The number of rotatable bonds is 2. The highest BCUT2D eigenvalue weighted by Gasteiger charge is 2.25. The molecule has 1 aromatic heterocycles. The van der Waals surface area contributed by atoms with E-state index in [0.29, 0.717) is 17.3 Å². The Bertz CT molecular complexity index is 592. The summed E-state index contributed by atoms with van der Waals surface area (Å²) in [7, 11) is 0. The van der Waals surface area contributed by atoms with Crippen molar-refractivity contribution in [2.75, 3.05) is 0 Å². The highest BCUT2D eigenvalue weighted by molar-refractivity contribution is 6.31. The number of hydrogen-bond acceptors (Lipinski definition) is 4. The van der Waals surface area contributed by atoms with Gasteiger partial charge < -0.3 is 10.3 Å². The number of benzene rings is 1.